The summed E-state index contributed by atoms with van der Waals surface area (Å²) in [6.07, 6.45) is 9.03. The predicted molar refractivity (Wildman–Crippen MR) is 100 cm³/mol. The molecule has 5 heteroatoms. The van der Waals surface area contributed by atoms with Gasteiger partial charge in [-0.1, -0.05) is 0 Å². The quantitative estimate of drug-likeness (QED) is 0.656. The normalized spacial score (nSPS) is 16.5. The molecular formula is C19H25N5. The molecule has 0 spiro atoms. The van der Waals surface area contributed by atoms with Crippen LogP contribution in [-0.4, -0.2) is 47.3 Å². The van der Waals surface area contributed by atoms with E-state index in [1.165, 1.54) is 25.9 Å². The number of hydrogen-bond acceptors (Lipinski definition) is 5. The van der Waals surface area contributed by atoms with Crippen molar-refractivity contribution in [1.82, 2.24) is 14.9 Å². The Hall–Kier alpha value is -2.27. The van der Waals surface area contributed by atoms with Crippen molar-refractivity contribution in [3.05, 3.63) is 41.9 Å². The molecule has 5 nitrogen and oxygen atoms in total. The van der Waals surface area contributed by atoms with E-state index in [2.05, 4.69) is 19.9 Å². The van der Waals surface area contributed by atoms with Gasteiger partial charge in [0.05, 0.1) is 11.0 Å². The summed E-state index contributed by atoms with van der Waals surface area (Å²) in [5.41, 5.74) is 10.4. The average molecular weight is 323 g/mol. The zero-order valence-corrected chi connectivity index (χ0v) is 14.3. The molecule has 1 aliphatic heterocycles. The molecule has 0 aromatic carbocycles. The second kappa shape index (κ2) is 8.02. The summed E-state index contributed by atoms with van der Waals surface area (Å²) in [5, 5.41) is 0. The summed E-state index contributed by atoms with van der Waals surface area (Å²) in [5.74, 6) is 0. The molecular weight excluding hydrogens is 298 g/mol. The van der Waals surface area contributed by atoms with Crippen LogP contribution < -0.4 is 5.73 Å². The van der Waals surface area contributed by atoms with Gasteiger partial charge in [0.25, 0.3) is 0 Å². The molecule has 3 heterocycles. The molecule has 2 aromatic heterocycles. The highest BCUT2D eigenvalue weighted by molar-refractivity contribution is 6.10. The number of allylic oxidation sites excluding steroid dienone is 1. The van der Waals surface area contributed by atoms with E-state index in [4.69, 9.17) is 5.73 Å². The molecule has 1 saturated heterocycles. The van der Waals surface area contributed by atoms with E-state index in [9.17, 15) is 0 Å². The van der Waals surface area contributed by atoms with Gasteiger partial charge in [0.15, 0.2) is 0 Å². The summed E-state index contributed by atoms with van der Waals surface area (Å²) in [7, 11) is 0. The van der Waals surface area contributed by atoms with Crippen LogP contribution in [0.5, 0.6) is 0 Å². The number of fused-ring (bicyclic) bond motifs is 1. The summed E-state index contributed by atoms with van der Waals surface area (Å²) >= 11 is 0. The molecule has 2 N–H and O–H groups in total. The van der Waals surface area contributed by atoms with Crippen LogP contribution in [0.1, 0.15) is 30.5 Å². The minimum Gasteiger partial charge on any atom is -0.404 e. The second-order valence-corrected chi connectivity index (χ2v) is 6.27. The second-order valence-electron chi connectivity index (χ2n) is 6.27. The lowest BCUT2D eigenvalue weighted by Gasteiger charge is -2.12. The first-order valence-corrected chi connectivity index (χ1v) is 8.64. The van der Waals surface area contributed by atoms with E-state index < -0.39 is 0 Å². The van der Waals surface area contributed by atoms with Gasteiger partial charge in [-0.05, 0) is 64.0 Å². The van der Waals surface area contributed by atoms with Crippen molar-refractivity contribution in [3.63, 3.8) is 0 Å². The van der Waals surface area contributed by atoms with Crippen LogP contribution in [0.2, 0.25) is 0 Å². The van der Waals surface area contributed by atoms with Crippen LogP contribution in [0.15, 0.2) is 35.6 Å². The number of pyridine rings is 2. The van der Waals surface area contributed by atoms with Gasteiger partial charge in [0, 0.05) is 42.0 Å². The summed E-state index contributed by atoms with van der Waals surface area (Å²) in [4.78, 5) is 16.0. The fourth-order valence-electron chi connectivity index (χ4n) is 3.03. The smallest absolute Gasteiger partial charge is 0.0896 e. The van der Waals surface area contributed by atoms with Crippen LogP contribution in [0.4, 0.5) is 0 Å². The fourth-order valence-corrected chi connectivity index (χ4v) is 3.03. The van der Waals surface area contributed by atoms with Gasteiger partial charge in [0.1, 0.15) is 0 Å². The number of rotatable bonds is 6. The molecule has 0 bridgehead atoms. The fraction of sp³-hybridized carbons (Fsp3) is 0.421. The number of nitrogens with two attached hydrogens (primary N) is 1. The van der Waals surface area contributed by atoms with E-state index in [-0.39, 0.29) is 0 Å². The molecule has 0 amide bonds. The zero-order chi connectivity index (χ0) is 16.8. The van der Waals surface area contributed by atoms with Crippen molar-refractivity contribution < 1.29 is 0 Å². The number of hydrogen-bond donors (Lipinski definition) is 1. The van der Waals surface area contributed by atoms with E-state index in [0.29, 0.717) is 0 Å². The maximum absolute atomic E-state index is 5.78. The molecule has 0 aliphatic carbocycles. The van der Waals surface area contributed by atoms with Crippen molar-refractivity contribution in [3.8, 4) is 0 Å². The molecule has 1 aliphatic rings. The summed E-state index contributed by atoms with van der Waals surface area (Å²) < 4.78 is 0. The van der Waals surface area contributed by atoms with Gasteiger partial charge >= 0.3 is 0 Å². The third-order valence-corrected chi connectivity index (χ3v) is 4.38. The van der Waals surface area contributed by atoms with Gasteiger partial charge in [-0.15, -0.1) is 0 Å². The first-order valence-electron chi connectivity index (χ1n) is 8.64. The molecule has 2 aromatic rings. The molecule has 0 atom stereocenters. The number of aryl methyl sites for hydroxylation is 1. The Morgan fingerprint density at radius 3 is 2.92 bits per heavy atom. The van der Waals surface area contributed by atoms with E-state index in [1.807, 2.05) is 37.5 Å². The average Bonchev–Trinajstić information content (AvgIpc) is 3.11. The lowest BCUT2D eigenvalue weighted by Crippen LogP contribution is -2.20. The first-order chi connectivity index (χ1) is 11.8. The number of likely N-dealkylation sites (tertiary alicyclic amines) is 1. The Labute approximate surface area is 143 Å². The highest BCUT2D eigenvalue weighted by Gasteiger charge is 2.09. The Bertz CT molecular complexity index is 745. The molecule has 3 rings (SSSR count). The van der Waals surface area contributed by atoms with Crippen LogP contribution >= 0.6 is 0 Å². The van der Waals surface area contributed by atoms with Gasteiger partial charge in [-0.25, -0.2) is 0 Å². The topological polar surface area (TPSA) is 67.4 Å². The predicted octanol–water partition coefficient (Wildman–Crippen LogP) is 2.79. The minimum absolute atomic E-state index is 0.826. The van der Waals surface area contributed by atoms with Gasteiger partial charge in [0.2, 0.25) is 0 Å². The number of aliphatic imine (C=N–C) groups is 1. The SMILES string of the molecule is Cc1ccc2ncc(C(C=NCCCN3CCCC3)=CN)cc2n1. The molecule has 126 valence electrons. The zero-order valence-electron chi connectivity index (χ0n) is 14.3. The van der Waals surface area contributed by atoms with Crippen LogP contribution in [0.25, 0.3) is 16.6 Å². The molecule has 0 unspecified atom stereocenters. The maximum Gasteiger partial charge on any atom is 0.0896 e. The van der Waals surface area contributed by atoms with Crippen LogP contribution in [0.3, 0.4) is 0 Å². The highest BCUT2D eigenvalue weighted by Crippen LogP contribution is 2.17. The van der Waals surface area contributed by atoms with Crippen LogP contribution in [0, 0.1) is 6.92 Å². The van der Waals surface area contributed by atoms with Gasteiger partial charge < -0.3 is 10.6 Å². The maximum atomic E-state index is 5.78. The number of nitrogens with zero attached hydrogens (tertiary/aromatic N) is 4. The molecule has 0 saturated carbocycles. The Balaban J connectivity index is 1.61. The van der Waals surface area contributed by atoms with E-state index in [0.717, 1.165) is 47.4 Å². The van der Waals surface area contributed by atoms with Crippen molar-refractivity contribution >= 4 is 22.8 Å². The Kier molecular flexibility index (Phi) is 5.54. The molecule has 0 radical (unpaired) electrons. The number of aromatic nitrogens is 2. The third kappa shape index (κ3) is 4.17. The van der Waals surface area contributed by atoms with Gasteiger partial charge in [-0.2, -0.15) is 0 Å². The summed E-state index contributed by atoms with van der Waals surface area (Å²) in [6.45, 7) is 6.43. The largest absolute Gasteiger partial charge is 0.404 e. The van der Waals surface area contributed by atoms with Crippen molar-refractivity contribution in [2.24, 2.45) is 10.7 Å². The van der Waals surface area contributed by atoms with Crippen molar-refractivity contribution in [2.75, 3.05) is 26.2 Å². The lowest BCUT2D eigenvalue weighted by molar-refractivity contribution is 0.336. The Morgan fingerprint density at radius 1 is 1.29 bits per heavy atom. The standard InChI is InChI=1S/C19H25N5/c1-15-5-6-18-19(23-15)11-16(14-22-18)17(12-20)13-21-7-4-10-24-8-2-3-9-24/h5-6,11-14H,2-4,7-10,20H2,1H3. The molecule has 24 heavy (non-hydrogen) atoms. The van der Waals surface area contributed by atoms with E-state index >= 15 is 0 Å². The monoisotopic (exact) mass is 323 g/mol. The minimum atomic E-state index is 0.826. The third-order valence-electron chi connectivity index (χ3n) is 4.38. The van der Waals surface area contributed by atoms with Crippen molar-refractivity contribution in [2.45, 2.75) is 26.2 Å². The van der Waals surface area contributed by atoms with Gasteiger partial charge in [-0.3, -0.25) is 15.0 Å². The van der Waals surface area contributed by atoms with Crippen molar-refractivity contribution in [1.29, 1.82) is 0 Å². The first kappa shape index (κ1) is 16.6. The van der Waals surface area contributed by atoms with Crippen LogP contribution in [-0.2, 0) is 0 Å². The Morgan fingerprint density at radius 2 is 2.12 bits per heavy atom. The highest BCUT2D eigenvalue weighted by atomic mass is 15.1. The summed E-state index contributed by atoms with van der Waals surface area (Å²) in [6, 6.07) is 5.97. The molecule has 1 fully saturated rings. The van der Waals surface area contributed by atoms with E-state index in [1.54, 1.807) is 6.20 Å². The lowest BCUT2D eigenvalue weighted by atomic mass is 10.1.